The van der Waals surface area contributed by atoms with Gasteiger partial charge >= 0.3 is 0 Å². The molecule has 0 saturated carbocycles. The summed E-state index contributed by atoms with van der Waals surface area (Å²) in [5.74, 6) is -0.123. The van der Waals surface area contributed by atoms with E-state index in [4.69, 9.17) is 4.99 Å². The average molecular weight is 383 g/mol. The first-order valence-electron chi connectivity index (χ1n) is 9.67. The third kappa shape index (κ3) is 3.00. The Hall–Kier alpha value is -2.08. The van der Waals surface area contributed by atoms with Crippen LogP contribution in [0.2, 0.25) is 0 Å². The molecule has 3 aliphatic rings. The Morgan fingerprint density at radius 1 is 1.15 bits per heavy atom. The highest BCUT2D eigenvalue weighted by Gasteiger charge is 2.43. The number of benzene rings is 1. The van der Waals surface area contributed by atoms with Gasteiger partial charge in [-0.15, -0.1) is 0 Å². The Labute approximate surface area is 163 Å². The van der Waals surface area contributed by atoms with Crippen LogP contribution >= 0.6 is 11.8 Å². The Morgan fingerprint density at radius 3 is 2.74 bits per heavy atom. The lowest BCUT2D eigenvalue weighted by molar-refractivity contribution is 0.320. The molecule has 0 amide bonds. The van der Waals surface area contributed by atoms with Gasteiger partial charge in [0.25, 0.3) is 0 Å². The Bertz CT molecular complexity index is 866. The van der Waals surface area contributed by atoms with Gasteiger partial charge in [-0.2, -0.15) is 0 Å². The van der Waals surface area contributed by atoms with Crippen molar-refractivity contribution < 1.29 is 4.39 Å². The third-order valence-corrected chi connectivity index (χ3v) is 6.74. The van der Waals surface area contributed by atoms with Crippen LogP contribution in [0.4, 0.5) is 10.1 Å². The van der Waals surface area contributed by atoms with Crippen molar-refractivity contribution in [3.63, 3.8) is 0 Å². The molecule has 3 atom stereocenters. The Kier molecular flexibility index (Phi) is 4.31. The van der Waals surface area contributed by atoms with Crippen molar-refractivity contribution in [2.75, 3.05) is 24.5 Å². The molecule has 27 heavy (non-hydrogen) atoms. The molecule has 6 heteroatoms. The van der Waals surface area contributed by atoms with Crippen molar-refractivity contribution in [2.45, 2.75) is 37.1 Å². The second-order valence-electron chi connectivity index (χ2n) is 7.54. The fourth-order valence-electron chi connectivity index (χ4n) is 4.40. The first kappa shape index (κ1) is 17.0. The van der Waals surface area contributed by atoms with Gasteiger partial charge in [-0.05, 0) is 42.7 Å². The first-order chi connectivity index (χ1) is 13.2. The van der Waals surface area contributed by atoms with Crippen molar-refractivity contribution in [2.24, 2.45) is 4.99 Å². The number of pyridine rings is 1. The second-order valence-corrected chi connectivity index (χ2v) is 8.95. The lowest BCUT2D eigenvalue weighted by Gasteiger charge is -2.28. The van der Waals surface area contributed by atoms with Crippen LogP contribution in [0.5, 0.6) is 0 Å². The van der Waals surface area contributed by atoms with Gasteiger partial charge in [0.1, 0.15) is 11.9 Å². The summed E-state index contributed by atoms with van der Waals surface area (Å²) in [7, 11) is 0. The number of amidine groups is 1. The van der Waals surface area contributed by atoms with E-state index in [1.54, 1.807) is 17.8 Å². The predicted octanol–water partition coefficient (Wildman–Crippen LogP) is 4.41. The summed E-state index contributed by atoms with van der Waals surface area (Å²) < 4.78 is 15.0. The molecule has 0 aliphatic carbocycles. The van der Waals surface area contributed by atoms with Crippen LogP contribution in [-0.2, 0) is 0 Å². The molecule has 0 radical (unpaired) electrons. The van der Waals surface area contributed by atoms with Gasteiger partial charge < -0.3 is 9.80 Å². The lowest BCUT2D eigenvalue weighted by atomic mass is 9.96. The molecule has 140 valence electrons. The molecule has 2 aromatic rings. The number of anilines is 1. The Morgan fingerprint density at radius 2 is 2.00 bits per heavy atom. The summed E-state index contributed by atoms with van der Waals surface area (Å²) in [4.78, 5) is 14.0. The van der Waals surface area contributed by atoms with Crippen LogP contribution in [0, 0.1) is 5.82 Å². The molecule has 1 aromatic heterocycles. The number of hydrogen-bond acceptors (Lipinski definition) is 5. The molecule has 0 bridgehead atoms. The summed E-state index contributed by atoms with van der Waals surface area (Å²) >= 11 is 1.81. The van der Waals surface area contributed by atoms with Crippen molar-refractivity contribution in [1.29, 1.82) is 0 Å². The largest absolute Gasteiger partial charge is 0.369 e. The minimum absolute atomic E-state index is 0.00878. The van der Waals surface area contributed by atoms with Crippen LogP contribution in [0.15, 0.2) is 47.6 Å². The predicted molar refractivity (Wildman–Crippen MR) is 109 cm³/mol. The summed E-state index contributed by atoms with van der Waals surface area (Å²) in [6.45, 7) is 5.05. The van der Waals surface area contributed by atoms with Gasteiger partial charge in [0.2, 0.25) is 0 Å². The smallest absolute Gasteiger partial charge is 0.160 e. The highest BCUT2D eigenvalue weighted by Crippen LogP contribution is 2.47. The van der Waals surface area contributed by atoms with Crippen molar-refractivity contribution in [3.05, 3.63) is 59.7 Å². The van der Waals surface area contributed by atoms with E-state index in [1.165, 1.54) is 0 Å². The summed E-state index contributed by atoms with van der Waals surface area (Å²) in [6, 6.07) is 11.6. The zero-order valence-electron chi connectivity index (χ0n) is 15.4. The summed E-state index contributed by atoms with van der Waals surface area (Å²) in [5.41, 5.74) is 2.66. The molecule has 2 saturated heterocycles. The van der Waals surface area contributed by atoms with E-state index < -0.39 is 0 Å². The first-order valence-corrected chi connectivity index (χ1v) is 10.5. The fourth-order valence-corrected chi connectivity index (χ4v) is 5.49. The molecular weight excluding hydrogens is 359 g/mol. The fraction of sp³-hybridized carbons (Fsp3) is 0.429. The SMILES string of the molecule is CC1CN2C(=NC(c3ccccn3)C2c2ccc(N3CCCC3)c(F)c2)S1. The van der Waals surface area contributed by atoms with Gasteiger partial charge in [-0.1, -0.05) is 30.8 Å². The molecule has 4 nitrogen and oxygen atoms in total. The zero-order valence-corrected chi connectivity index (χ0v) is 16.2. The van der Waals surface area contributed by atoms with Gasteiger partial charge in [0, 0.05) is 31.1 Å². The van der Waals surface area contributed by atoms with E-state index in [9.17, 15) is 4.39 Å². The number of aromatic nitrogens is 1. The van der Waals surface area contributed by atoms with Crippen molar-refractivity contribution in [1.82, 2.24) is 9.88 Å². The van der Waals surface area contributed by atoms with Crippen LogP contribution in [-0.4, -0.2) is 39.9 Å². The standard InChI is InChI=1S/C21H23FN4S/c1-14-13-26-20(19(24-21(26)27-14)17-6-2-3-9-23-17)15-7-8-18(16(22)12-15)25-10-4-5-11-25/h2-3,6-9,12,14,19-20H,4-5,10-11,13H2,1H3. The van der Waals surface area contributed by atoms with Gasteiger partial charge in [0.15, 0.2) is 5.17 Å². The van der Waals surface area contributed by atoms with Crippen LogP contribution in [0.25, 0.3) is 0 Å². The van der Waals surface area contributed by atoms with Gasteiger partial charge in [0.05, 0.1) is 17.4 Å². The maximum absolute atomic E-state index is 15.0. The number of nitrogens with zero attached hydrogens (tertiary/aromatic N) is 4. The normalized spacial score (nSPS) is 27.2. The minimum Gasteiger partial charge on any atom is -0.369 e. The van der Waals surface area contributed by atoms with Crippen molar-refractivity contribution in [3.8, 4) is 0 Å². The van der Waals surface area contributed by atoms with E-state index in [2.05, 4.69) is 27.8 Å². The highest BCUT2D eigenvalue weighted by atomic mass is 32.2. The van der Waals surface area contributed by atoms with E-state index in [1.807, 2.05) is 30.5 Å². The van der Waals surface area contributed by atoms with E-state index >= 15 is 0 Å². The molecule has 3 unspecified atom stereocenters. The van der Waals surface area contributed by atoms with E-state index in [0.717, 1.165) is 54.6 Å². The number of rotatable bonds is 3. The third-order valence-electron chi connectivity index (χ3n) is 5.64. The monoisotopic (exact) mass is 382 g/mol. The summed E-state index contributed by atoms with van der Waals surface area (Å²) in [5, 5.41) is 1.57. The molecule has 0 N–H and O–H groups in total. The van der Waals surface area contributed by atoms with E-state index in [0.29, 0.717) is 5.25 Å². The molecule has 5 rings (SSSR count). The van der Waals surface area contributed by atoms with Gasteiger partial charge in [-0.25, -0.2) is 4.39 Å². The minimum atomic E-state index is -0.123. The molecule has 3 aliphatic heterocycles. The maximum atomic E-state index is 15.0. The molecule has 2 fully saturated rings. The van der Waals surface area contributed by atoms with Crippen LogP contribution in [0.3, 0.4) is 0 Å². The van der Waals surface area contributed by atoms with Crippen LogP contribution in [0.1, 0.15) is 43.1 Å². The maximum Gasteiger partial charge on any atom is 0.160 e. The van der Waals surface area contributed by atoms with E-state index in [-0.39, 0.29) is 17.9 Å². The Balaban J connectivity index is 1.52. The average Bonchev–Trinajstić information content (AvgIpc) is 3.38. The summed E-state index contributed by atoms with van der Waals surface area (Å²) in [6.07, 6.45) is 4.10. The highest BCUT2D eigenvalue weighted by molar-refractivity contribution is 8.14. The quantitative estimate of drug-likeness (QED) is 0.787. The van der Waals surface area contributed by atoms with Crippen molar-refractivity contribution >= 4 is 22.6 Å². The molecule has 4 heterocycles. The van der Waals surface area contributed by atoms with Gasteiger partial charge in [-0.3, -0.25) is 9.98 Å². The molecule has 0 spiro atoms. The topological polar surface area (TPSA) is 31.7 Å². The number of aliphatic imine (C=N–C) groups is 1. The van der Waals surface area contributed by atoms with Crippen LogP contribution < -0.4 is 4.90 Å². The number of hydrogen-bond donors (Lipinski definition) is 0. The lowest BCUT2D eigenvalue weighted by Crippen LogP contribution is -2.29. The molecule has 1 aromatic carbocycles. The number of halogens is 1. The second kappa shape index (κ2) is 6.82. The zero-order chi connectivity index (χ0) is 18.4. The number of fused-ring (bicyclic) bond motifs is 1. The molecular formula is C21H23FN4S. The number of thioether (sulfide) groups is 1.